The number of rotatable bonds is 3. The van der Waals surface area contributed by atoms with Crippen molar-refractivity contribution < 1.29 is 8.78 Å². The minimum atomic E-state index is -0.633. The highest BCUT2D eigenvalue weighted by Crippen LogP contribution is 2.31. The van der Waals surface area contributed by atoms with Crippen LogP contribution in [0.4, 0.5) is 19.7 Å². The van der Waals surface area contributed by atoms with E-state index in [0.717, 1.165) is 11.9 Å². The van der Waals surface area contributed by atoms with Gasteiger partial charge in [-0.1, -0.05) is 11.3 Å². The van der Waals surface area contributed by atoms with E-state index in [1.807, 2.05) is 13.8 Å². The van der Waals surface area contributed by atoms with E-state index < -0.39 is 11.6 Å². The second kappa shape index (κ2) is 6.88. The monoisotopic (exact) mass is 391 g/mol. The number of anilines is 2. The van der Waals surface area contributed by atoms with Crippen molar-refractivity contribution in [3.05, 3.63) is 46.3 Å². The van der Waals surface area contributed by atoms with E-state index in [4.69, 9.17) is 0 Å². The maximum atomic E-state index is 13.9. The Balaban J connectivity index is 1.52. The van der Waals surface area contributed by atoms with Gasteiger partial charge in [0.2, 0.25) is 0 Å². The summed E-state index contributed by atoms with van der Waals surface area (Å²) in [6.07, 6.45) is 0. The molecule has 27 heavy (non-hydrogen) atoms. The van der Waals surface area contributed by atoms with E-state index >= 15 is 0 Å². The van der Waals surface area contributed by atoms with Gasteiger partial charge in [0.25, 0.3) is 5.56 Å². The molecule has 3 aromatic rings. The molecule has 1 aliphatic rings. The molecule has 0 spiro atoms. The van der Waals surface area contributed by atoms with Crippen molar-refractivity contribution >= 4 is 32.5 Å². The molecule has 4 rings (SSSR count). The average Bonchev–Trinajstić information content (AvgIpc) is 3.06. The Labute approximate surface area is 158 Å². The molecule has 0 amide bonds. The molecule has 1 aliphatic heterocycles. The van der Waals surface area contributed by atoms with Crippen LogP contribution in [0, 0.1) is 11.6 Å². The fourth-order valence-corrected chi connectivity index (χ4v) is 4.22. The Morgan fingerprint density at radius 3 is 2.48 bits per heavy atom. The first-order valence-corrected chi connectivity index (χ1v) is 9.59. The molecular formula is C18H19F2N5OS. The molecular weight excluding hydrogens is 372 g/mol. The number of hydrogen-bond acceptors (Lipinski definition) is 6. The van der Waals surface area contributed by atoms with Gasteiger partial charge in [0.15, 0.2) is 10.9 Å². The highest BCUT2D eigenvalue weighted by molar-refractivity contribution is 7.22. The van der Waals surface area contributed by atoms with Crippen molar-refractivity contribution in [1.82, 2.24) is 14.8 Å². The Hall–Kier alpha value is -2.55. The van der Waals surface area contributed by atoms with E-state index in [2.05, 4.69) is 19.9 Å². The minimum Gasteiger partial charge on any atom is -0.352 e. The Kier molecular flexibility index (Phi) is 4.55. The van der Waals surface area contributed by atoms with Crippen LogP contribution in [0.1, 0.15) is 19.9 Å². The van der Waals surface area contributed by atoms with Crippen LogP contribution in [-0.2, 0) is 0 Å². The average molecular weight is 391 g/mol. The molecule has 6 nitrogen and oxygen atoms in total. The van der Waals surface area contributed by atoms with Gasteiger partial charge in [-0.05, 0) is 26.0 Å². The standard InChI is InChI=1S/C18H19F2N5OS/c1-11(2)25-16(26)4-3-15(22-25)23-5-7-24(8-6-23)18-21-17-13(20)9-12(19)10-14(17)27-18/h3-4,9-11H,5-8H2,1-2H3. The summed E-state index contributed by atoms with van der Waals surface area (Å²) in [4.78, 5) is 20.4. The third-order valence-corrected chi connectivity index (χ3v) is 5.64. The van der Waals surface area contributed by atoms with Gasteiger partial charge in [-0.15, -0.1) is 0 Å². The molecule has 0 bridgehead atoms. The molecule has 2 aromatic heterocycles. The predicted octanol–water partition coefficient (Wildman–Crippen LogP) is 3.04. The molecule has 142 valence electrons. The van der Waals surface area contributed by atoms with Crippen LogP contribution in [-0.4, -0.2) is 40.9 Å². The molecule has 0 unspecified atom stereocenters. The lowest BCUT2D eigenvalue weighted by Gasteiger charge is -2.35. The van der Waals surface area contributed by atoms with E-state index in [-0.39, 0.29) is 17.1 Å². The number of halogens is 2. The molecule has 0 radical (unpaired) electrons. The van der Waals surface area contributed by atoms with Crippen molar-refractivity contribution in [2.24, 2.45) is 0 Å². The third-order valence-electron chi connectivity index (χ3n) is 4.58. The normalized spacial score (nSPS) is 15.1. The van der Waals surface area contributed by atoms with Gasteiger partial charge >= 0.3 is 0 Å². The summed E-state index contributed by atoms with van der Waals surface area (Å²) in [6, 6.07) is 5.46. The Morgan fingerprint density at radius 2 is 1.78 bits per heavy atom. The zero-order valence-electron chi connectivity index (χ0n) is 15.0. The van der Waals surface area contributed by atoms with Crippen LogP contribution in [0.15, 0.2) is 29.1 Å². The van der Waals surface area contributed by atoms with Gasteiger partial charge in [0.05, 0.1) is 10.7 Å². The summed E-state index contributed by atoms with van der Waals surface area (Å²) >= 11 is 1.29. The summed E-state index contributed by atoms with van der Waals surface area (Å²) in [5.41, 5.74) is 0.0978. The van der Waals surface area contributed by atoms with Crippen LogP contribution in [0.3, 0.4) is 0 Å². The van der Waals surface area contributed by atoms with Gasteiger partial charge in [-0.3, -0.25) is 4.79 Å². The van der Waals surface area contributed by atoms with Crippen LogP contribution in [0.5, 0.6) is 0 Å². The molecule has 0 saturated carbocycles. The maximum absolute atomic E-state index is 13.9. The van der Waals surface area contributed by atoms with Gasteiger partial charge < -0.3 is 9.80 Å². The zero-order chi connectivity index (χ0) is 19.1. The number of thiazole rings is 1. The fraction of sp³-hybridized carbons (Fsp3) is 0.389. The second-order valence-electron chi connectivity index (χ2n) is 6.77. The van der Waals surface area contributed by atoms with Crippen LogP contribution < -0.4 is 15.4 Å². The van der Waals surface area contributed by atoms with Crippen molar-refractivity contribution in [3.8, 4) is 0 Å². The van der Waals surface area contributed by atoms with E-state index in [0.29, 0.717) is 36.0 Å². The van der Waals surface area contributed by atoms with Gasteiger partial charge in [-0.2, -0.15) is 5.10 Å². The van der Waals surface area contributed by atoms with Crippen LogP contribution in [0.25, 0.3) is 10.2 Å². The number of aromatic nitrogens is 3. The summed E-state index contributed by atoms with van der Waals surface area (Å²) in [5, 5.41) is 5.15. The number of fused-ring (bicyclic) bond motifs is 1. The maximum Gasteiger partial charge on any atom is 0.267 e. The molecule has 1 aromatic carbocycles. The van der Waals surface area contributed by atoms with Crippen molar-refractivity contribution in [1.29, 1.82) is 0 Å². The number of hydrogen-bond donors (Lipinski definition) is 0. The Bertz CT molecular complexity index is 1040. The number of piperazine rings is 1. The highest BCUT2D eigenvalue weighted by Gasteiger charge is 2.22. The van der Waals surface area contributed by atoms with Crippen molar-refractivity contribution in [3.63, 3.8) is 0 Å². The topological polar surface area (TPSA) is 54.3 Å². The van der Waals surface area contributed by atoms with Crippen LogP contribution >= 0.6 is 11.3 Å². The summed E-state index contributed by atoms with van der Waals surface area (Å²) < 4.78 is 29.3. The molecule has 1 fully saturated rings. The summed E-state index contributed by atoms with van der Waals surface area (Å²) in [5.74, 6) is -0.460. The molecule has 9 heteroatoms. The SMILES string of the molecule is CC(C)n1nc(N2CCN(c3nc4c(F)cc(F)cc4s3)CC2)ccc1=O. The molecule has 0 N–H and O–H groups in total. The lowest BCUT2D eigenvalue weighted by Crippen LogP contribution is -2.47. The molecule has 0 atom stereocenters. The summed E-state index contributed by atoms with van der Waals surface area (Å²) in [6.45, 7) is 6.63. The lowest BCUT2D eigenvalue weighted by molar-refractivity contribution is 0.497. The van der Waals surface area contributed by atoms with Crippen molar-refractivity contribution in [2.75, 3.05) is 36.0 Å². The third kappa shape index (κ3) is 3.39. The largest absolute Gasteiger partial charge is 0.352 e. The number of nitrogens with zero attached hydrogens (tertiary/aromatic N) is 5. The number of benzene rings is 1. The van der Waals surface area contributed by atoms with E-state index in [9.17, 15) is 13.6 Å². The zero-order valence-corrected chi connectivity index (χ0v) is 15.8. The first-order valence-electron chi connectivity index (χ1n) is 8.78. The van der Waals surface area contributed by atoms with Gasteiger partial charge in [0, 0.05) is 38.3 Å². The van der Waals surface area contributed by atoms with Crippen LogP contribution in [0.2, 0.25) is 0 Å². The first kappa shape index (κ1) is 17.8. The van der Waals surface area contributed by atoms with Gasteiger partial charge in [0.1, 0.15) is 17.2 Å². The minimum absolute atomic E-state index is 0.00298. The van der Waals surface area contributed by atoms with Crippen molar-refractivity contribution in [2.45, 2.75) is 19.9 Å². The van der Waals surface area contributed by atoms with E-state index in [1.54, 1.807) is 12.1 Å². The highest BCUT2D eigenvalue weighted by atomic mass is 32.1. The summed E-state index contributed by atoms with van der Waals surface area (Å²) in [7, 11) is 0. The second-order valence-corrected chi connectivity index (χ2v) is 7.78. The molecule has 1 saturated heterocycles. The van der Waals surface area contributed by atoms with Gasteiger partial charge in [-0.25, -0.2) is 18.4 Å². The molecule has 0 aliphatic carbocycles. The first-order chi connectivity index (χ1) is 12.9. The Morgan fingerprint density at radius 1 is 1.07 bits per heavy atom. The smallest absolute Gasteiger partial charge is 0.267 e. The lowest BCUT2D eigenvalue weighted by atomic mass is 10.3. The fourth-order valence-electron chi connectivity index (χ4n) is 3.16. The van der Waals surface area contributed by atoms with E-state index in [1.165, 1.54) is 22.1 Å². The predicted molar refractivity (Wildman–Crippen MR) is 103 cm³/mol. The quantitative estimate of drug-likeness (QED) is 0.687. The molecule has 3 heterocycles.